The summed E-state index contributed by atoms with van der Waals surface area (Å²) in [6.07, 6.45) is 5.91. The molecule has 0 N–H and O–H groups in total. The predicted octanol–water partition coefficient (Wildman–Crippen LogP) is 1.71. The van der Waals surface area contributed by atoms with E-state index in [2.05, 4.69) is 0 Å². The van der Waals surface area contributed by atoms with E-state index in [1.54, 1.807) is 30.3 Å². The molecule has 0 radical (unpaired) electrons. The summed E-state index contributed by atoms with van der Waals surface area (Å²) >= 11 is 0. The molecule has 1 saturated heterocycles. The lowest BCUT2D eigenvalue weighted by Gasteiger charge is -2.37. The molecule has 2 aromatic heterocycles. The third-order valence-corrected chi connectivity index (χ3v) is 5.53. The average Bonchev–Trinajstić information content (AvgIpc) is 3.06. The first-order valence-corrected chi connectivity index (χ1v) is 8.50. The van der Waals surface area contributed by atoms with E-state index >= 15 is 0 Å². The Bertz CT molecular complexity index is 753. The van der Waals surface area contributed by atoms with Crippen LogP contribution in [0.3, 0.4) is 0 Å². The fourth-order valence-electron chi connectivity index (χ4n) is 2.20. The number of amides is 1. The first-order valence-electron chi connectivity index (χ1n) is 6.79. The summed E-state index contributed by atoms with van der Waals surface area (Å²) in [7, 11) is -3.30. The van der Waals surface area contributed by atoms with E-state index in [4.69, 9.17) is 8.83 Å². The molecule has 0 spiro atoms. The highest BCUT2D eigenvalue weighted by Crippen LogP contribution is 2.21. The molecule has 1 amide bonds. The van der Waals surface area contributed by atoms with Crippen LogP contribution in [0.4, 0.5) is 0 Å². The molecule has 1 aliphatic heterocycles. The first kappa shape index (κ1) is 14.6. The molecule has 1 fully saturated rings. The zero-order chi connectivity index (χ0) is 15.6. The number of hydrogen-bond acceptors (Lipinski definition) is 5. The molecular formula is C15H15NO5S. The van der Waals surface area contributed by atoms with E-state index in [0.717, 1.165) is 0 Å². The summed E-state index contributed by atoms with van der Waals surface area (Å²) in [4.78, 5) is 13.4. The topological polar surface area (TPSA) is 80.7 Å². The summed E-state index contributed by atoms with van der Waals surface area (Å²) in [6.45, 7) is 0.425. The van der Waals surface area contributed by atoms with Crippen molar-refractivity contribution in [2.45, 2.75) is 11.0 Å². The van der Waals surface area contributed by atoms with Crippen LogP contribution in [0.1, 0.15) is 11.5 Å². The van der Waals surface area contributed by atoms with Crippen LogP contribution in [0.25, 0.3) is 6.08 Å². The van der Waals surface area contributed by atoms with Crippen LogP contribution in [-0.4, -0.2) is 37.6 Å². The highest BCUT2D eigenvalue weighted by atomic mass is 32.2. The number of carbonyl (C=O) groups excluding carboxylic acids is 1. The van der Waals surface area contributed by atoms with Gasteiger partial charge in [0, 0.05) is 19.2 Å². The Labute approximate surface area is 127 Å². The number of sulfone groups is 1. The molecule has 0 atom stereocenters. The SMILES string of the molecule is O=C(/C=C/c1ccco1)N1CC(S(=O)(=O)Cc2ccco2)C1. The van der Waals surface area contributed by atoms with Crippen LogP contribution in [0.5, 0.6) is 0 Å². The quantitative estimate of drug-likeness (QED) is 0.783. The van der Waals surface area contributed by atoms with Gasteiger partial charge in [0.25, 0.3) is 0 Å². The fraction of sp³-hybridized carbons (Fsp3) is 0.267. The van der Waals surface area contributed by atoms with E-state index in [-0.39, 0.29) is 24.7 Å². The number of hydrogen-bond donors (Lipinski definition) is 0. The highest BCUT2D eigenvalue weighted by molar-refractivity contribution is 7.91. The summed E-state index contributed by atoms with van der Waals surface area (Å²) in [5, 5.41) is -0.529. The highest BCUT2D eigenvalue weighted by Gasteiger charge is 2.39. The lowest BCUT2D eigenvalue weighted by Crippen LogP contribution is -2.56. The molecule has 0 saturated carbocycles. The van der Waals surface area contributed by atoms with Crippen molar-refractivity contribution in [2.75, 3.05) is 13.1 Å². The van der Waals surface area contributed by atoms with Gasteiger partial charge in [-0.25, -0.2) is 8.42 Å². The number of likely N-dealkylation sites (tertiary alicyclic amines) is 1. The summed E-state index contributed by atoms with van der Waals surface area (Å²) < 4.78 is 34.5. The van der Waals surface area contributed by atoms with E-state index < -0.39 is 15.1 Å². The van der Waals surface area contributed by atoms with Crippen molar-refractivity contribution in [3.8, 4) is 0 Å². The average molecular weight is 321 g/mol. The largest absolute Gasteiger partial charge is 0.468 e. The van der Waals surface area contributed by atoms with Gasteiger partial charge in [0.2, 0.25) is 5.91 Å². The number of furan rings is 2. The minimum Gasteiger partial charge on any atom is -0.468 e. The van der Waals surface area contributed by atoms with E-state index in [9.17, 15) is 13.2 Å². The maximum Gasteiger partial charge on any atom is 0.246 e. The van der Waals surface area contributed by atoms with Crippen LogP contribution in [0.15, 0.2) is 51.7 Å². The maximum atomic E-state index is 12.2. The first-order chi connectivity index (χ1) is 10.5. The monoisotopic (exact) mass is 321 g/mol. The number of carbonyl (C=O) groups is 1. The van der Waals surface area contributed by atoms with E-state index in [1.807, 2.05) is 0 Å². The molecule has 0 aromatic carbocycles. The van der Waals surface area contributed by atoms with Crippen molar-refractivity contribution in [3.05, 3.63) is 54.4 Å². The molecular weight excluding hydrogens is 306 g/mol. The van der Waals surface area contributed by atoms with Gasteiger partial charge in [-0.05, 0) is 30.3 Å². The second-order valence-electron chi connectivity index (χ2n) is 5.10. The van der Waals surface area contributed by atoms with Gasteiger partial charge >= 0.3 is 0 Å². The Hall–Kier alpha value is -2.28. The molecule has 6 nitrogen and oxygen atoms in total. The summed E-state index contributed by atoms with van der Waals surface area (Å²) in [5.41, 5.74) is 0. The van der Waals surface area contributed by atoms with Crippen molar-refractivity contribution >= 4 is 21.8 Å². The van der Waals surface area contributed by atoms with Crippen LogP contribution >= 0.6 is 0 Å². The van der Waals surface area contributed by atoms with Gasteiger partial charge in [-0.2, -0.15) is 0 Å². The molecule has 0 bridgehead atoms. The molecule has 0 unspecified atom stereocenters. The van der Waals surface area contributed by atoms with Gasteiger partial charge in [0.1, 0.15) is 17.3 Å². The number of nitrogens with zero attached hydrogens (tertiary/aromatic N) is 1. The molecule has 3 heterocycles. The third kappa shape index (κ3) is 3.14. The van der Waals surface area contributed by atoms with Crippen molar-refractivity contribution in [3.63, 3.8) is 0 Å². The second-order valence-corrected chi connectivity index (χ2v) is 7.38. The van der Waals surface area contributed by atoms with Crippen molar-refractivity contribution in [1.82, 2.24) is 4.90 Å². The fourth-order valence-corrected chi connectivity index (χ4v) is 3.81. The van der Waals surface area contributed by atoms with Gasteiger partial charge in [-0.15, -0.1) is 0 Å². The molecule has 7 heteroatoms. The summed E-state index contributed by atoms with van der Waals surface area (Å²) in [6, 6.07) is 6.74. The Morgan fingerprint density at radius 1 is 1.23 bits per heavy atom. The van der Waals surface area contributed by atoms with Crippen LogP contribution < -0.4 is 0 Å². The van der Waals surface area contributed by atoms with E-state index in [1.165, 1.54) is 23.5 Å². The summed E-state index contributed by atoms with van der Waals surface area (Å²) in [5.74, 6) is 0.647. The lowest BCUT2D eigenvalue weighted by atomic mass is 10.2. The van der Waals surface area contributed by atoms with Gasteiger partial charge in [0.15, 0.2) is 9.84 Å². The molecule has 116 valence electrons. The van der Waals surface area contributed by atoms with Crippen molar-refractivity contribution in [2.24, 2.45) is 0 Å². The smallest absolute Gasteiger partial charge is 0.246 e. The van der Waals surface area contributed by atoms with Crippen LogP contribution in [-0.2, 0) is 20.4 Å². The van der Waals surface area contributed by atoms with Gasteiger partial charge in [-0.1, -0.05) is 0 Å². The Balaban J connectivity index is 1.54. The van der Waals surface area contributed by atoms with Gasteiger partial charge < -0.3 is 13.7 Å². The maximum absolute atomic E-state index is 12.2. The van der Waals surface area contributed by atoms with E-state index in [0.29, 0.717) is 11.5 Å². The zero-order valence-corrected chi connectivity index (χ0v) is 12.5. The van der Waals surface area contributed by atoms with Gasteiger partial charge in [-0.3, -0.25) is 4.79 Å². The second kappa shape index (κ2) is 5.84. The normalized spacial score (nSPS) is 16.1. The predicted molar refractivity (Wildman–Crippen MR) is 79.4 cm³/mol. The molecule has 0 aliphatic carbocycles. The molecule has 22 heavy (non-hydrogen) atoms. The Morgan fingerprint density at radius 3 is 2.59 bits per heavy atom. The van der Waals surface area contributed by atoms with Gasteiger partial charge in [0.05, 0.1) is 17.8 Å². The molecule has 3 rings (SSSR count). The standard InChI is InChI=1S/C15H15NO5S/c17-15(6-5-12-3-1-7-20-12)16-9-14(10-16)22(18,19)11-13-4-2-8-21-13/h1-8,14H,9-11H2/b6-5+. The molecule has 1 aliphatic rings. The minimum atomic E-state index is -3.30. The minimum absolute atomic E-state index is 0.130. The Kier molecular flexibility index (Phi) is 3.89. The van der Waals surface area contributed by atoms with Crippen molar-refractivity contribution < 1.29 is 22.0 Å². The lowest BCUT2D eigenvalue weighted by molar-refractivity contribution is -0.128. The number of rotatable bonds is 5. The Morgan fingerprint density at radius 2 is 1.95 bits per heavy atom. The van der Waals surface area contributed by atoms with Crippen LogP contribution in [0, 0.1) is 0 Å². The molecule has 2 aromatic rings. The zero-order valence-electron chi connectivity index (χ0n) is 11.7. The van der Waals surface area contributed by atoms with Crippen LogP contribution in [0.2, 0.25) is 0 Å². The third-order valence-electron chi connectivity index (χ3n) is 3.52. The van der Waals surface area contributed by atoms with Crippen molar-refractivity contribution in [1.29, 1.82) is 0 Å².